The lowest BCUT2D eigenvalue weighted by molar-refractivity contribution is 0.354. The molecule has 2 rings (SSSR count). The Kier molecular flexibility index (Phi) is 5.32. The second-order valence-electron chi connectivity index (χ2n) is 4.98. The zero-order chi connectivity index (χ0) is 14.5. The van der Waals surface area contributed by atoms with Crippen molar-refractivity contribution in [3.05, 3.63) is 34.4 Å². The van der Waals surface area contributed by atoms with Gasteiger partial charge >= 0.3 is 0 Å². The van der Waals surface area contributed by atoms with Gasteiger partial charge in [0, 0.05) is 0 Å². The third kappa shape index (κ3) is 3.10. The molecule has 0 aromatic heterocycles. The van der Waals surface area contributed by atoms with Gasteiger partial charge in [-0.1, -0.05) is 23.3 Å². The Morgan fingerprint density at radius 1 is 1.20 bits per heavy atom. The first kappa shape index (κ1) is 15.2. The summed E-state index contributed by atoms with van der Waals surface area (Å²) in [5.74, 6) is 1.26. The van der Waals surface area contributed by atoms with Gasteiger partial charge in [0.1, 0.15) is 0 Å². The van der Waals surface area contributed by atoms with E-state index in [1.807, 2.05) is 19.2 Å². The van der Waals surface area contributed by atoms with Crippen LogP contribution in [0.1, 0.15) is 37.3 Å². The minimum absolute atomic E-state index is 0.188. The monoisotopic (exact) mass is 295 g/mol. The van der Waals surface area contributed by atoms with Crippen molar-refractivity contribution in [3.8, 4) is 11.5 Å². The van der Waals surface area contributed by atoms with Crippen LogP contribution in [0, 0.1) is 0 Å². The van der Waals surface area contributed by atoms with E-state index in [0.717, 1.165) is 18.4 Å². The SMILES string of the molecule is CNC(C1=CCCCC1)c1cc(Cl)c(OC)c(OC)c1. The fraction of sp³-hybridized carbons (Fsp3) is 0.500. The molecule has 0 saturated carbocycles. The lowest BCUT2D eigenvalue weighted by Crippen LogP contribution is -2.20. The molecule has 0 bridgehead atoms. The molecule has 1 N–H and O–H groups in total. The van der Waals surface area contributed by atoms with Crippen LogP contribution < -0.4 is 14.8 Å². The molecular formula is C16H22ClNO2. The molecule has 0 aliphatic heterocycles. The van der Waals surface area contributed by atoms with Crippen LogP contribution in [0.4, 0.5) is 0 Å². The molecule has 1 atom stereocenters. The molecule has 0 radical (unpaired) electrons. The maximum absolute atomic E-state index is 6.30. The predicted molar refractivity (Wildman–Crippen MR) is 82.9 cm³/mol. The molecule has 1 unspecified atom stereocenters. The van der Waals surface area contributed by atoms with Crippen molar-refractivity contribution in [2.45, 2.75) is 31.7 Å². The fourth-order valence-corrected chi connectivity index (χ4v) is 3.09. The highest BCUT2D eigenvalue weighted by molar-refractivity contribution is 6.32. The Morgan fingerprint density at radius 2 is 2.00 bits per heavy atom. The first-order valence-corrected chi connectivity index (χ1v) is 7.36. The molecular weight excluding hydrogens is 274 g/mol. The highest BCUT2D eigenvalue weighted by atomic mass is 35.5. The van der Waals surface area contributed by atoms with E-state index in [1.165, 1.54) is 18.4 Å². The van der Waals surface area contributed by atoms with Crippen LogP contribution in [-0.4, -0.2) is 21.3 Å². The molecule has 0 amide bonds. The summed E-state index contributed by atoms with van der Waals surface area (Å²) in [5.41, 5.74) is 2.55. The minimum Gasteiger partial charge on any atom is -0.493 e. The molecule has 1 aliphatic carbocycles. The Labute approximate surface area is 125 Å². The molecule has 0 saturated heterocycles. The molecule has 3 nitrogen and oxygen atoms in total. The summed E-state index contributed by atoms with van der Waals surface area (Å²) in [4.78, 5) is 0. The Hall–Kier alpha value is -1.19. The van der Waals surface area contributed by atoms with Crippen molar-refractivity contribution in [1.82, 2.24) is 5.32 Å². The molecule has 1 aromatic carbocycles. The highest BCUT2D eigenvalue weighted by Gasteiger charge is 2.20. The molecule has 0 heterocycles. The van der Waals surface area contributed by atoms with E-state index in [0.29, 0.717) is 16.5 Å². The third-order valence-electron chi connectivity index (χ3n) is 3.77. The van der Waals surface area contributed by atoms with Crippen molar-refractivity contribution in [2.75, 3.05) is 21.3 Å². The molecule has 20 heavy (non-hydrogen) atoms. The molecule has 4 heteroatoms. The number of allylic oxidation sites excluding steroid dienone is 1. The minimum atomic E-state index is 0.188. The van der Waals surface area contributed by atoms with Crippen molar-refractivity contribution in [3.63, 3.8) is 0 Å². The summed E-state index contributed by atoms with van der Waals surface area (Å²) < 4.78 is 10.7. The molecule has 1 aromatic rings. The van der Waals surface area contributed by atoms with Gasteiger partial charge in [-0.3, -0.25) is 0 Å². The van der Waals surface area contributed by atoms with Crippen LogP contribution in [0.3, 0.4) is 0 Å². The third-order valence-corrected chi connectivity index (χ3v) is 4.06. The molecule has 0 fully saturated rings. The van der Waals surface area contributed by atoms with Crippen LogP contribution in [-0.2, 0) is 0 Å². The zero-order valence-electron chi connectivity index (χ0n) is 12.3. The van der Waals surface area contributed by atoms with E-state index in [1.54, 1.807) is 14.2 Å². The predicted octanol–water partition coefficient (Wildman–Crippen LogP) is 4.12. The van der Waals surface area contributed by atoms with E-state index in [9.17, 15) is 0 Å². The highest BCUT2D eigenvalue weighted by Crippen LogP contribution is 2.39. The number of methoxy groups -OCH3 is 2. The van der Waals surface area contributed by atoms with E-state index in [2.05, 4.69) is 11.4 Å². The Bertz CT molecular complexity index is 499. The normalized spacial score (nSPS) is 16.5. The van der Waals surface area contributed by atoms with Crippen LogP contribution in [0.2, 0.25) is 5.02 Å². The smallest absolute Gasteiger partial charge is 0.179 e. The van der Waals surface area contributed by atoms with E-state index in [4.69, 9.17) is 21.1 Å². The van der Waals surface area contributed by atoms with Crippen molar-refractivity contribution in [1.29, 1.82) is 0 Å². The maximum atomic E-state index is 6.30. The van der Waals surface area contributed by atoms with Gasteiger partial charge in [-0.2, -0.15) is 0 Å². The summed E-state index contributed by atoms with van der Waals surface area (Å²) in [6, 6.07) is 4.15. The topological polar surface area (TPSA) is 30.5 Å². The van der Waals surface area contributed by atoms with Gasteiger partial charge in [-0.15, -0.1) is 0 Å². The van der Waals surface area contributed by atoms with Crippen LogP contribution >= 0.6 is 11.6 Å². The van der Waals surface area contributed by atoms with Gasteiger partial charge < -0.3 is 14.8 Å². The van der Waals surface area contributed by atoms with Crippen molar-refractivity contribution >= 4 is 11.6 Å². The van der Waals surface area contributed by atoms with Crippen LogP contribution in [0.5, 0.6) is 11.5 Å². The summed E-state index contributed by atoms with van der Waals surface area (Å²) in [6.45, 7) is 0. The number of likely N-dealkylation sites (N-methyl/N-ethyl adjacent to an activating group) is 1. The summed E-state index contributed by atoms with van der Waals surface area (Å²) in [6.07, 6.45) is 7.18. The zero-order valence-corrected chi connectivity index (χ0v) is 13.1. The number of ether oxygens (including phenoxy) is 2. The molecule has 1 aliphatic rings. The largest absolute Gasteiger partial charge is 0.493 e. The lowest BCUT2D eigenvalue weighted by Gasteiger charge is -2.24. The summed E-state index contributed by atoms with van der Waals surface area (Å²) in [7, 11) is 5.21. The van der Waals surface area contributed by atoms with Gasteiger partial charge in [-0.25, -0.2) is 0 Å². The van der Waals surface area contributed by atoms with Crippen molar-refractivity contribution < 1.29 is 9.47 Å². The number of hydrogen-bond donors (Lipinski definition) is 1. The first-order chi connectivity index (χ1) is 9.71. The standard InChI is InChI=1S/C16H22ClNO2/c1-18-15(11-7-5-4-6-8-11)12-9-13(17)16(20-3)14(10-12)19-2/h7,9-10,15,18H,4-6,8H2,1-3H3. The summed E-state index contributed by atoms with van der Waals surface area (Å²) in [5, 5.41) is 3.96. The van der Waals surface area contributed by atoms with Gasteiger partial charge in [0.2, 0.25) is 0 Å². The number of benzene rings is 1. The quantitative estimate of drug-likeness (QED) is 0.829. The average molecular weight is 296 g/mol. The Balaban J connectivity index is 2.39. The average Bonchev–Trinajstić information content (AvgIpc) is 2.48. The van der Waals surface area contributed by atoms with Crippen LogP contribution in [0.25, 0.3) is 0 Å². The first-order valence-electron chi connectivity index (χ1n) is 6.98. The maximum Gasteiger partial charge on any atom is 0.179 e. The van der Waals surface area contributed by atoms with E-state index in [-0.39, 0.29) is 6.04 Å². The second kappa shape index (κ2) is 7.00. The second-order valence-corrected chi connectivity index (χ2v) is 5.39. The number of hydrogen-bond acceptors (Lipinski definition) is 3. The van der Waals surface area contributed by atoms with E-state index < -0.39 is 0 Å². The lowest BCUT2D eigenvalue weighted by atomic mass is 9.90. The molecule has 110 valence electrons. The Morgan fingerprint density at radius 3 is 2.55 bits per heavy atom. The van der Waals surface area contributed by atoms with Gasteiger partial charge in [0.15, 0.2) is 11.5 Å². The van der Waals surface area contributed by atoms with Crippen molar-refractivity contribution in [2.24, 2.45) is 0 Å². The van der Waals surface area contributed by atoms with Gasteiger partial charge in [0.05, 0.1) is 25.3 Å². The molecule has 0 spiro atoms. The van der Waals surface area contributed by atoms with Crippen LogP contribution in [0.15, 0.2) is 23.8 Å². The fourth-order valence-electron chi connectivity index (χ4n) is 2.80. The van der Waals surface area contributed by atoms with Gasteiger partial charge in [0.25, 0.3) is 0 Å². The number of nitrogens with one attached hydrogen (secondary N) is 1. The van der Waals surface area contributed by atoms with E-state index >= 15 is 0 Å². The van der Waals surface area contributed by atoms with Gasteiger partial charge in [-0.05, 0) is 50.4 Å². The summed E-state index contributed by atoms with van der Waals surface area (Å²) >= 11 is 6.30. The number of halogens is 1. The number of rotatable bonds is 5.